The Labute approximate surface area is 235 Å². The van der Waals surface area contributed by atoms with Crippen molar-refractivity contribution in [3.8, 4) is 11.5 Å². The number of thiazole rings is 1. The molecule has 0 radical (unpaired) electrons. The number of fused-ring (bicyclic) bond motifs is 2. The van der Waals surface area contributed by atoms with Gasteiger partial charge in [-0.15, -0.1) is 0 Å². The molecule has 3 aromatic rings. The van der Waals surface area contributed by atoms with Crippen molar-refractivity contribution < 1.29 is 24.6 Å². The Kier molecular flexibility index (Phi) is 7.68. The molecule has 2 saturated heterocycles. The highest BCUT2D eigenvalue weighted by Gasteiger charge is 2.51. The van der Waals surface area contributed by atoms with Crippen molar-refractivity contribution in [1.29, 1.82) is 0 Å². The average molecular weight is 568 g/mol. The number of hydrogen-bond acceptors (Lipinski definition) is 9. The van der Waals surface area contributed by atoms with Gasteiger partial charge >= 0.3 is 6.03 Å². The Morgan fingerprint density at radius 2 is 2.02 bits per heavy atom. The zero-order chi connectivity index (χ0) is 28.6. The van der Waals surface area contributed by atoms with E-state index in [2.05, 4.69) is 10.3 Å². The number of anilines is 1. The summed E-state index contributed by atoms with van der Waals surface area (Å²) in [6.07, 6.45) is 1.32. The number of benzene rings is 2. The van der Waals surface area contributed by atoms with Crippen molar-refractivity contribution in [2.45, 2.75) is 44.9 Å². The minimum Gasteiger partial charge on any atom is -0.504 e. The number of carbonyl (C=O) groups is 3. The third-order valence-corrected chi connectivity index (χ3v) is 8.25. The van der Waals surface area contributed by atoms with Gasteiger partial charge in [0.15, 0.2) is 16.6 Å². The molecule has 5 rings (SSSR count). The van der Waals surface area contributed by atoms with Crippen LogP contribution in [0.3, 0.4) is 0 Å². The summed E-state index contributed by atoms with van der Waals surface area (Å²) in [5, 5.41) is 26.2. The van der Waals surface area contributed by atoms with E-state index < -0.39 is 12.2 Å². The molecule has 0 spiro atoms. The van der Waals surface area contributed by atoms with Crippen LogP contribution in [0.2, 0.25) is 0 Å². The van der Waals surface area contributed by atoms with Crippen LogP contribution in [-0.2, 0) is 22.6 Å². The quantitative estimate of drug-likeness (QED) is 0.238. The van der Waals surface area contributed by atoms with Crippen LogP contribution < -0.4 is 11.1 Å². The third kappa shape index (κ3) is 5.21. The Balaban J connectivity index is 1.47. The molecule has 3 heterocycles. The maximum atomic E-state index is 14.0. The van der Waals surface area contributed by atoms with Gasteiger partial charge in [-0.1, -0.05) is 42.9 Å². The van der Waals surface area contributed by atoms with Gasteiger partial charge in [0.25, 0.3) is 0 Å². The summed E-state index contributed by atoms with van der Waals surface area (Å²) in [6.45, 7) is 2.93. The fourth-order valence-electron chi connectivity index (χ4n) is 5.33. The number of para-hydroxylation sites is 1. The van der Waals surface area contributed by atoms with Crippen LogP contribution >= 0.6 is 11.3 Å². The number of nitrogens with one attached hydrogen (secondary N) is 1. The summed E-state index contributed by atoms with van der Waals surface area (Å²) in [5.41, 5.74) is 8.09. The van der Waals surface area contributed by atoms with E-state index in [0.717, 1.165) is 28.6 Å². The molecule has 40 heavy (non-hydrogen) atoms. The fraction of sp³-hybridized carbons (Fsp3) is 0.407. The molecule has 2 fully saturated rings. The molecule has 2 atom stereocenters. The number of aromatic nitrogens is 1. The minimum atomic E-state index is -0.878. The van der Waals surface area contributed by atoms with Crippen LogP contribution in [0.5, 0.6) is 11.5 Å². The molecule has 2 aliphatic heterocycles. The van der Waals surface area contributed by atoms with E-state index in [9.17, 15) is 24.6 Å². The lowest BCUT2D eigenvalue weighted by Crippen LogP contribution is -2.65. The number of nitrogens with two attached hydrogens (primary N) is 1. The Hall–Kier alpha value is -4.10. The molecule has 0 aliphatic carbocycles. The van der Waals surface area contributed by atoms with Crippen LogP contribution in [0.25, 0.3) is 10.2 Å². The summed E-state index contributed by atoms with van der Waals surface area (Å²) >= 11 is 1.37. The molecule has 212 valence electrons. The number of phenols is 2. The zero-order valence-corrected chi connectivity index (χ0v) is 23.2. The number of nitrogen functional groups attached to an aromatic ring is 1. The molecule has 2 aromatic carbocycles. The van der Waals surface area contributed by atoms with Gasteiger partial charge in [-0.05, 0) is 35.7 Å². The predicted octanol–water partition coefficient (Wildman–Crippen LogP) is 2.07. The summed E-state index contributed by atoms with van der Waals surface area (Å²) < 4.78 is 0.915. The van der Waals surface area contributed by atoms with E-state index in [4.69, 9.17) is 5.73 Å². The van der Waals surface area contributed by atoms with Gasteiger partial charge in [-0.25, -0.2) is 9.78 Å². The number of carbonyl (C=O) groups excluding carboxylic acids is 3. The standard InChI is InChI=1S/C27H33N7O5S/c1-3-4-10-29-27(39)31(2)33-15-23(37)34-18(11-16-8-9-19(35)20(36)12-16)25(38)32(14-22(33)34)13-17-6-5-7-21-24(17)30-26(28)40-21/h5-9,12,18,22,35-36H,3-4,10-11,13-15H2,1-2H3,(H2,28,30)(H,29,39)/t18-,22+/m0/s1. The SMILES string of the molecule is CCCCNC(=O)N(C)N1CC(=O)N2[C@@H](Cc3ccc(O)c(O)c3)C(=O)N(Cc3cccc4sc(N)nc34)C[C@@H]21. The van der Waals surface area contributed by atoms with Crippen LogP contribution in [0.1, 0.15) is 30.9 Å². The second kappa shape index (κ2) is 11.2. The third-order valence-electron chi connectivity index (χ3n) is 7.40. The number of hydrazine groups is 1. The first-order valence-corrected chi connectivity index (χ1v) is 14.0. The molecule has 0 unspecified atom stereocenters. The minimum absolute atomic E-state index is 0.0565. The Morgan fingerprint density at radius 1 is 1.23 bits per heavy atom. The first-order chi connectivity index (χ1) is 19.2. The van der Waals surface area contributed by atoms with Crippen molar-refractivity contribution in [3.63, 3.8) is 0 Å². The lowest BCUT2D eigenvalue weighted by molar-refractivity contribution is -0.157. The number of aromatic hydroxyl groups is 2. The van der Waals surface area contributed by atoms with Gasteiger partial charge < -0.3 is 31.1 Å². The van der Waals surface area contributed by atoms with Gasteiger partial charge in [-0.2, -0.15) is 5.01 Å². The summed E-state index contributed by atoms with van der Waals surface area (Å²) in [6, 6.07) is 8.88. The maximum absolute atomic E-state index is 14.0. The van der Waals surface area contributed by atoms with Gasteiger partial charge in [0.1, 0.15) is 12.2 Å². The van der Waals surface area contributed by atoms with Crippen molar-refractivity contribution in [2.75, 3.05) is 32.4 Å². The number of rotatable bonds is 8. The Bertz CT molecular complexity index is 1450. The zero-order valence-electron chi connectivity index (χ0n) is 22.4. The monoisotopic (exact) mass is 567 g/mol. The number of urea groups is 1. The second-order valence-corrected chi connectivity index (χ2v) is 11.1. The fourth-order valence-corrected chi connectivity index (χ4v) is 6.11. The van der Waals surface area contributed by atoms with Crippen molar-refractivity contribution in [3.05, 3.63) is 47.5 Å². The number of phenolic OH excluding ortho intramolecular Hbond substituents is 2. The highest BCUT2D eigenvalue weighted by molar-refractivity contribution is 7.22. The van der Waals surface area contributed by atoms with Gasteiger partial charge in [0.2, 0.25) is 11.8 Å². The maximum Gasteiger partial charge on any atom is 0.331 e. The van der Waals surface area contributed by atoms with Crippen molar-refractivity contribution >= 4 is 44.5 Å². The Morgan fingerprint density at radius 3 is 2.77 bits per heavy atom. The van der Waals surface area contributed by atoms with Crippen LogP contribution in [0, 0.1) is 0 Å². The highest BCUT2D eigenvalue weighted by Crippen LogP contribution is 2.33. The highest BCUT2D eigenvalue weighted by atomic mass is 32.1. The molecule has 5 N–H and O–H groups in total. The largest absolute Gasteiger partial charge is 0.504 e. The number of unbranched alkanes of at least 4 members (excludes halogenated alkanes) is 1. The van der Waals surface area contributed by atoms with Crippen LogP contribution in [0.15, 0.2) is 36.4 Å². The second-order valence-electron chi connectivity index (χ2n) is 10.1. The molecule has 0 saturated carbocycles. The van der Waals surface area contributed by atoms with Crippen molar-refractivity contribution in [1.82, 2.24) is 30.1 Å². The molecule has 0 bridgehead atoms. The topological polar surface area (TPSA) is 156 Å². The summed E-state index contributed by atoms with van der Waals surface area (Å²) in [4.78, 5) is 47.9. The first-order valence-electron chi connectivity index (χ1n) is 13.2. The number of amides is 4. The number of hydrogen-bond donors (Lipinski definition) is 4. The lowest BCUT2D eigenvalue weighted by atomic mass is 9.99. The molecule has 12 nitrogen and oxygen atoms in total. The van der Waals surface area contributed by atoms with E-state index in [1.807, 2.05) is 25.1 Å². The van der Waals surface area contributed by atoms with Gasteiger partial charge in [0.05, 0.1) is 23.3 Å². The predicted molar refractivity (Wildman–Crippen MR) is 150 cm³/mol. The average Bonchev–Trinajstić information content (AvgIpc) is 3.47. The normalized spacial score (nSPS) is 19.4. The molecule has 13 heteroatoms. The van der Waals surface area contributed by atoms with E-state index in [-0.39, 0.29) is 55.4 Å². The van der Waals surface area contributed by atoms with E-state index >= 15 is 0 Å². The lowest BCUT2D eigenvalue weighted by Gasteiger charge is -2.45. The molecule has 1 aromatic heterocycles. The smallest absolute Gasteiger partial charge is 0.331 e. The van der Waals surface area contributed by atoms with Crippen molar-refractivity contribution in [2.24, 2.45) is 0 Å². The summed E-state index contributed by atoms with van der Waals surface area (Å²) in [5.74, 6) is -1.10. The molecular formula is C27H33N7O5S. The number of nitrogens with zero attached hydrogens (tertiary/aromatic N) is 5. The molecule has 4 amide bonds. The first kappa shape index (κ1) is 27.5. The number of piperazine rings is 1. The van der Waals surface area contributed by atoms with Crippen LogP contribution in [-0.4, -0.2) is 91.7 Å². The van der Waals surface area contributed by atoms with E-state index in [1.165, 1.54) is 28.5 Å². The van der Waals surface area contributed by atoms with E-state index in [1.54, 1.807) is 27.9 Å². The van der Waals surface area contributed by atoms with E-state index in [0.29, 0.717) is 17.2 Å². The molecule has 2 aliphatic rings. The summed E-state index contributed by atoms with van der Waals surface area (Å²) in [7, 11) is 1.62. The van der Waals surface area contributed by atoms with Gasteiger partial charge in [0, 0.05) is 26.6 Å². The van der Waals surface area contributed by atoms with Crippen LogP contribution in [0.4, 0.5) is 9.93 Å². The van der Waals surface area contributed by atoms with Gasteiger partial charge in [-0.3, -0.25) is 14.6 Å². The molecular weight excluding hydrogens is 534 g/mol.